The van der Waals surface area contributed by atoms with Crippen LogP contribution in [0.25, 0.3) is 0 Å². The van der Waals surface area contributed by atoms with Gasteiger partial charge in [-0.2, -0.15) is 0 Å². The zero-order valence-corrected chi connectivity index (χ0v) is 47.0. The molecule has 410 valence electrons. The molecule has 0 aromatic rings. The minimum Gasteiger partial charge on any atom is -0.462 e. The SMILES string of the molecule is CC/C=C\C/C=C\C/C=C\C/C=C\CCCCCCCCCCC(=O)OC(COC(=O)CCCCCCCCCCC)COC(=O)CCCCCCCCCCCCC/C=C\C/C=C\CCCCCCC. The van der Waals surface area contributed by atoms with Crippen LogP contribution in [0.15, 0.2) is 72.9 Å². The monoisotopic (exact) mass is 991 g/mol. The normalized spacial score (nSPS) is 12.5. The van der Waals surface area contributed by atoms with E-state index in [1.54, 1.807) is 0 Å². The minimum atomic E-state index is -0.779. The molecular weight excluding hydrogens is 877 g/mol. The maximum absolute atomic E-state index is 12.9. The van der Waals surface area contributed by atoms with E-state index in [0.717, 1.165) is 96.3 Å². The van der Waals surface area contributed by atoms with E-state index >= 15 is 0 Å². The molecule has 0 saturated carbocycles. The Bertz CT molecular complexity index is 1320. The zero-order chi connectivity index (χ0) is 51.4. The molecule has 0 aliphatic carbocycles. The van der Waals surface area contributed by atoms with Gasteiger partial charge in [0.25, 0.3) is 0 Å². The van der Waals surface area contributed by atoms with Gasteiger partial charge in [-0.3, -0.25) is 14.4 Å². The lowest BCUT2D eigenvalue weighted by molar-refractivity contribution is -0.167. The van der Waals surface area contributed by atoms with E-state index in [2.05, 4.69) is 93.7 Å². The molecule has 0 rings (SSSR count). The van der Waals surface area contributed by atoms with Gasteiger partial charge in [0, 0.05) is 19.3 Å². The molecule has 6 heteroatoms. The molecular formula is C65H114O6. The Morgan fingerprint density at radius 2 is 0.549 bits per heavy atom. The number of ether oxygens (including phenoxy) is 3. The maximum atomic E-state index is 12.9. The molecule has 71 heavy (non-hydrogen) atoms. The number of rotatable bonds is 55. The smallest absolute Gasteiger partial charge is 0.306 e. The lowest BCUT2D eigenvalue weighted by Crippen LogP contribution is -2.30. The molecule has 0 aromatic heterocycles. The molecule has 0 fully saturated rings. The van der Waals surface area contributed by atoms with Gasteiger partial charge < -0.3 is 14.2 Å². The number of allylic oxidation sites excluding steroid dienone is 12. The topological polar surface area (TPSA) is 78.9 Å². The fraction of sp³-hybridized carbons (Fsp3) is 0.769. The van der Waals surface area contributed by atoms with Gasteiger partial charge in [-0.05, 0) is 89.9 Å². The Kier molecular flexibility index (Phi) is 56.8. The first kappa shape index (κ1) is 67.8. The fourth-order valence-electron chi connectivity index (χ4n) is 8.64. The lowest BCUT2D eigenvalue weighted by Gasteiger charge is -2.18. The number of esters is 3. The largest absolute Gasteiger partial charge is 0.462 e. The molecule has 0 spiro atoms. The average molecular weight is 992 g/mol. The molecule has 0 amide bonds. The second-order valence-electron chi connectivity index (χ2n) is 20.2. The van der Waals surface area contributed by atoms with Crippen LogP contribution >= 0.6 is 0 Å². The van der Waals surface area contributed by atoms with Crippen LogP contribution < -0.4 is 0 Å². The highest BCUT2D eigenvalue weighted by atomic mass is 16.6. The predicted octanol–water partition coefficient (Wildman–Crippen LogP) is 20.5. The summed E-state index contributed by atoms with van der Waals surface area (Å²) in [6.45, 7) is 6.52. The molecule has 0 aromatic carbocycles. The predicted molar refractivity (Wildman–Crippen MR) is 307 cm³/mol. The summed E-state index contributed by atoms with van der Waals surface area (Å²) >= 11 is 0. The molecule has 1 unspecified atom stereocenters. The zero-order valence-electron chi connectivity index (χ0n) is 47.0. The summed E-state index contributed by atoms with van der Waals surface area (Å²) in [5, 5.41) is 0. The quantitative estimate of drug-likeness (QED) is 0.0261. The first-order valence-electron chi connectivity index (χ1n) is 30.4. The summed E-state index contributed by atoms with van der Waals surface area (Å²) in [7, 11) is 0. The van der Waals surface area contributed by atoms with Crippen LogP contribution in [0.2, 0.25) is 0 Å². The van der Waals surface area contributed by atoms with Crippen LogP contribution in [-0.4, -0.2) is 37.2 Å². The summed E-state index contributed by atoms with van der Waals surface area (Å²) in [6, 6.07) is 0. The van der Waals surface area contributed by atoms with E-state index < -0.39 is 6.10 Å². The van der Waals surface area contributed by atoms with Gasteiger partial charge in [0.05, 0.1) is 0 Å². The Labute approximate surface area is 440 Å². The fourth-order valence-corrected chi connectivity index (χ4v) is 8.64. The highest BCUT2D eigenvalue weighted by molar-refractivity contribution is 5.71. The molecule has 0 heterocycles. The van der Waals surface area contributed by atoms with Crippen molar-refractivity contribution in [2.45, 2.75) is 309 Å². The number of hydrogen-bond donors (Lipinski definition) is 0. The third kappa shape index (κ3) is 57.6. The first-order chi connectivity index (χ1) is 35.0. The van der Waals surface area contributed by atoms with Crippen LogP contribution in [0.4, 0.5) is 0 Å². The van der Waals surface area contributed by atoms with Crippen molar-refractivity contribution in [3.8, 4) is 0 Å². The van der Waals surface area contributed by atoms with Crippen LogP contribution in [0.3, 0.4) is 0 Å². The van der Waals surface area contributed by atoms with Gasteiger partial charge in [-0.15, -0.1) is 0 Å². The Hall–Kier alpha value is -3.15. The van der Waals surface area contributed by atoms with Crippen molar-refractivity contribution in [2.24, 2.45) is 0 Å². The van der Waals surface area contributed by atoms with E-state index in [9.17, 15) is 14.4 Å². The summed E-state index contributed by atoms with van der Waals surface area (Å²) in [6.07, 6.45) is 76.2. The van der Waals surface area contributed by atoms with Gasteiger partial charge in [0.2, 0.25) is 0 Å². The highest BCUT2D eigenvalue weighted by Crippen LogP contribution is 2.16. The Balaban J connectivity index is 4.25. The van der Waals surface area contributed by atoms with Crippen LogP contribution in [0.5, 0.6) is 0 Å². The molecule has 0 aliphatic rings. The van der Waals surface area contributed by atoms with Gasteiger partial charge in [0.1, 0.15) is 13.2 Å². The second kappa shape index (κ2) is 59.4. The van der Waals surface area contributed by atoms with E-state index in [0.29, 0.717) is 19.3 Å². The summed E-state index contributed by atoms with van der Waals surface area (Å²) in [5.41, 5.74) is 0. The molecule has 0 N–H and O–H groups in total. The maximum Gasteiger partial charge on any atom is 0.306 e. The van der Waals surface area contributed by atoms with Crippen molar-refractivity contribution in [3.63, 3.8) is 0 Å². The molecule has 1 atom stereocenters. The van der Waals surface area contributed by atoms with Gasteiger partial charge in [-0.25, -0.2) is 0 Å². The Morgan fingerprint density at radius 3 is 0.859 bits per heavy atom. The highest BCUT2D eigenvalue weighted by Gasteiger charge is 2.19. The van der Waals surface area contributed by atoms with Gasteiger partial charge in [-0.1, -0.05) is 267 Å². The van der Waals surface area contributed by atoms with E-state index in [1.807, 2.05) is 0 Å². The first-order valence-corrected chi connectivity index (χ1v) is 30.4. The standard InChI is InChI=1S/C65H114O6/c1-4-7-10-13-16-19-21-23-25-27-29-31-32-34-35-37-39-41-43-46-49-52-55-58-64(67)70-61-62(60-69-63(66)57-54-51-48-45-18-15-12-9-6-3)71-65(68)59-56-53-50-47-44-42-40-38-36-33-30-28-26-24-22-20-17-14-11-8-5-2/h8,11,17,20-21,23-24,26-27,29-30,33,62H,4-7,9-10,12-16,18-19,22,25,28,31-32,34-61H2,1-3H3/b11-8-,20-17-,23-21-,26-24-,29-27-,33-30-. The van der Waals surface area contributed by atoms with Gasteiger partial charge >= 0.3 is 17.9 Å². The van der Waals surface area contributed by atoms with Crippen LogP contribution in [0, 0.1) is 0 Å². The summed E-state index contributed by atoms with van der Waals surface area (Å²) < 4.78 is 16.9. The Morgan fingerprint density at radius 1 is 0.296 bits per heavy atom. The molecule has 6 nitrogen and oxygen atoms in total. The van der Waals surface area contributed by atoms with Crippen molar-refractivity contribution >= 4 is 17.9 Å². The van der Waals surface area contributed by atoms with Crippen LogP contribution in [-0.2, 0) is 28.6 Å². The number of carbonyl (C=O) groups is 3. The third-order valence-corrected chi connectivity index (χ3v) is 13.2. The molecule has 0 saturated heterocycles. The van der Waals surface area contributed by atoms with Crippen molar-refractivity contribution in [2.75, 3.05) is 13.2 Å². The van der Waals surface area contributed by atoms with Crippen molar-refractivity contribution in [1.29, 1.82) is 0 Å². The van der Waals surface area contributed by atoms with Crippen LogP contribution in [0.1, 0.15) is 303 Å². The second-order valence-corrected chi connectivity index (χ2v) is 20.2. The van der Waals surface area contributed by atoms with Crippen molar-refractivity contribution in [3.05, 3.63) is 72.9 Å². The number of unbranched alkanes of at least 4 members (excludes halogenated alkanes) is 32. The molecule has 0 radical (unpaired) electrons. The minimum absolute atomic E-state index is 0.0770. The van der Waals surface area contributed by atoms with Crippen molar-refractivity contribution in [1.82, 2.24) is 0 Å². The number of carbonyl (C=O) groups excluding carboxylic acids is 3. The van der Waals surface area contributed by atoms with E-state index in [-0.39, 0.29) is 31.1 Å². The van der Waals surface area contributed by atoms with E-state index in [4.69, 9.17) is 14.2 Å². The van der Waals surface area contributed by atoms with Gasteiger partial charge in [0.15, 0.2) is 6.10 Å². The molecule has 0 bridgehead atoms. The van der Waals surface area contributed by atoms with Crippen molar-refractivity contribution < 1.29 is 28.6 Å². The number of hydrogen-bond acceptors (Lipinski definition) is 6. The lowest BCUT2D eigenvalue weighted by atomic mass is 10.0. The third-order valence-electron chi connectivity index (χ3n) is 13.2. The summed E-state index contributed by atoms with van der Waals surface area (Å²) in [5.74, 6) is -0.879. The average Bonchev–Trinajstić information content (AvgIpc) is 3.37. The van der Waals surface area contributed by atoms with E-state index in [1.165, 1.54) is 167 Å². The summed E-state index contributed by atoms with van der Waals surface area (Å²) in [4.78, 5) is 38.1. The molecule has 0 aliphatic heterocycles.